The minimum Gasteiger partial charge on any atom is 0 e. The van der Waals surface area contributed by atoms with Crippen LogP contribution in [0.2, 0.25) is 17.3 Å². The van der Waals surface area contributed by atoms with Crippen LogP contribution in [-0.4, -0.2) is 32.8 Å². The number of hydrogen-bond donors (Lipinski definition) is 0. The van der Waals surface area contributed by atoms with Crippen LogP contribution in [0.5, 0.6) is 0 Å². The molecule has 5 heterocycles. The molecule has 0 aliphatic heterocycles. The maximum absolute atomic E-state index is 15.6. The standard InChI is InChI=1S/C39H27FN3O2.C18H23FGeN.Ir/c1-20(2)30-16-14-26-34-29(40)15-13-27(37(34)45-39(26)42-30)38-41-31-18-23-9-5-6-10-24(23)19-32(31)43(38)35-21(3)17-28-25-11-7-8-12-33(25)44-36(28)22(35)4;1-12(2)15-10-18(21-11-17(15)20(4,5)6)14-8-7-13(3)9-16(14)19;/h5-12,14-20H,1-4H3;7,9-12H,1-6H3;/q2*-1;/i;3D3,12D;. The first-order valence-electron chi connectivity index (χ1n) is 24.1. The number of pyridine rings is 2. The second-order valence-electron chi connectivity index (χ2n) is 18.6. The van der Waals surface area contributed by atoms with Crippen LogP contribution in [0, 0.1) is 44.5 Å². The Bertz CT molecular complexity index is 3900. The van der Waals surface area contributed by atoms with Crippen molar-refractivity contribution in [1.29, 1.82) is 0 Å². The van der Waals surface area contributed by atoms with Crippen LogP contribution in [-0.2, 0) is 20.1 Å². The Morgan fingerprint density at radius 2 is 1.49 bits per heavy atom. The van der Waals surface area contributed by atoms with Crippen LogP contribution < -0.4 is 4.40 Å². The molecule has 67 heavy (non-hydrogen) atoms. The van der Waals surface area contributed by atoms with Crippen LogP contribution >= 0.6 is 0 Å². The predicted molar refractivity (Wildman–Crippen MR) is 269 cm³/mol. The van der Waals surface area contributed by atoms with Gasteiger partial charge in [0.25, 0.3) is 0 Å². The summed E-state index contributed by atoms with van der Waals surface area (Å²) in [7, 11) is 0. The van der Waals surface area contributed by atoms with Gasteiger partial charge in [-0.25, -0.2) is 4.98 Å². The zero-order chi connectivity index (χ0) is 49.8. The van der Waals surface area contributed by atoms with Crippen LogP contribution in [0.4, 0.5) is 8.78 Å². The molecule has 0 fully saturated rings. The summed E-state index contributed by atoms with van der Waals surface area (Å²) in [5, 5.41) is 5.35. The van der Waals surface area contributed by atoms with Gasteiger partial charge in [-0.05, 0) is 77.9 Å². The fourth-order valence-corrected chi connectivity index (χ4v) is 12.4. The van der Waals surface area contributed by atoms with Crippen molar-refractivity contribution in [2.75, 3.05) is 0 Å². The minimum atomic E-state index is -2.37. The molecule has 0 aliphatic carbocycles. The van der Waals surface area contributed by atoms with E-state index in [1.54, 1.807) is 26.1 Å². The molecule has 0 aliphatic rings. The largest absolute Gasteiger partial charge is 0 e. The first-order valence-corrected chi connectivity index (χ1v) is 29.4. The Morgan fingerprint density at radius 3 is 2.21 bits per heavy atom. The number of hydrogen-bond acceptors (Lipinski definition) is 5. The van der Waals surface area contributed by atoms with Gasteiger partial charge < -0.3 is 13.4 Å². The Balaban J connectivity index is 0.000000206. The van der Waals surface area contributed by atoms with E-state index in [4.69, 9.17) is 24.3 Å². The van der Waals surface area contributed by atoms with Crippen molar-refractivity contribution in [2.45, 2.75) is 77.5 Å². The number of imidazole rings is 1. The van der Waals surface area contributed by atoms with E-state index in [0.717, 1.165) is 82.3 Å². The van der Waals surface area contributed by atoms with Crippen molar-refractivity contribution in [1.82, 2.24) is 19.5 Å². The maximum atomic E-state index is 15.6. The number of nitrogens with zero attached hydrogens (tertiary/aromatic N) is 4. The fraction of sp³-hybridized carbons (Fsp3) is 0.211. The number of halogens is 2. The molecule has 10 heteroatoms. The topological polar surface area (TPSA) is 69.9 Å². The molecule has 0 unspecified atom stereocenters. The number of para-hydroxylation sites is 1. The Kier molecular flexibility index (Phi) is 10.8. The number of rotatable bonds is 6. The molecule has 6 nitrogen and oxygen atoms in total. The van der Waals surface area contributed by atoms with E-state index >= 15 is 4.39 Å². The number of benzene rings is 6. The summed E-state index contributed by atoms with van der Waals surface area (Å²) in [6.07, 6.45) is 1.76. The van der Waals surface area contributed by atoms with Crippen LogP contribution in [0.3, 0.4) is 0 Å². The molecular weight excluding hydrogens is 1080 g/mol. The molecule has 0 saturated heterocycles. The first-order chi connectivity index (χ1) is 33.1. The summed E-state index contributed by atoms with van der Waals surface area (Å²) < 4.78 is 76.7. The zero-order valence-electron chi connectivity index (χ0n) is 42.7. The first kappa shape index (κ1) is 41.2. The minimum absolute atomic E-state index is 0. The van der Waals surface area contributed by atoms with E-state index in [0.29, 0.717) is 39.2 Å². The predicted octanol–water partition coefficient (Wildman–Crippen LogP) is 15.4. The van der Waals surface area contributed by atoms with Gasteiger partial charge in [0.2, 0.25) is 5.71 Å². The monoisotopic (exact) mass is 1130 g/mol. The van der Waals surface area contributed by atoms with Crippen molar-refractivity contribution >= 4 is 83.5 Å². The summed E-state index contributed by atoms with van der Waals surface area (Å²) in [5.74, 6) is 5.58. The normalized spacial score (nSPS) is 13.3. The molecular formula is C57H50F2GeIrN4O2-2. The van der Waals surface area contributed by atoms with Crippen LogP contribution in [0.1, 0.15) is 72.9 Å². The summed E-state index contributed by atoms with van der Waals surface area (Å²) in [4.78, 5) is 14.3. The number of aryl methyl sites for hydroxylation is 3. The van der Waals surface area contributed by atoms with Crippen LogP contribution in [0.25, 0.3) is 94.1 Å². The van der Waals surface area contributed by atoms with E-state index in [9.17, 15) is 4.39 Å². The molecule has 5 aromatic heterocycles. The molecule has 0 saturated carbocycles. The van der Waals surface area contributed by atoms with Crippen molar-refractivity contribution < 1.29 is 43.2 Å². The molecule has 6 aromatic carbocycles. The molecule has 0 atom stereocenters. The van der Waals surface area contributed by atoms with E-state index < -0.39 is 37.6 Å². The average Bonchev–Trinajstić information content (AvgIpc) is 3.99. The van der Waals surface area contributed by atoms with E-state index in [2.05, 4.69) is 103 Å². The third-order valence-electron chi connectivity index (χ3n) is 12.4. The maximum Gasteiger partial charge on any atom is 0 e. The number of aromatic nitrogens is 4. The molecule has 11 aromatic rings. The van der Waals surface area contributed by atoms with Gasteiger partial charge in [-0.15, -0.1) is 12.1 Å². The Morgan fingerprint density at radius 1 is 0.761 bits per heavy atom. The summed E-state index contributed by atoms with van der Waals surface area (Å²) in [6.45, 7) is 9.60. The summed E-state index contributed by atoms with van der Waals surface area (Å²) >= 11 is -2.25. The average molecular weight is 1130 g/mol. The summed E-state index contributed by atoms with van der Waals surface area (Å²) in [5.41, 5.74) is 9.91. The van der Waals surface area contributed by atoms with E-state index in [-0.39, 0.29) is 37.2 Å². The molecule has 0 N–H and O–H groups in total. The van der Waals surface area contributed by atoms with Gasteiger partial charge >= 0.3 is 135 Å². The van der Waals surface area contributed by atoms with E-state index in [1.807, 2.05) is 42.5 Å². The molecule has 0 bridgehead atoms. The molecule has 11 rings (SSSR count). The second kappa shape index (κ2) is 17.6. The number of furan rings is 2. The molecule has 0 amide bonds. The van der Waals surface area contributed by atoms with E-state index in [1.165, 1.54) is 12.1 Å². The SMILES string of the molecule is Cc1cc2c(oc3ccccc32)c(C)c1-n1c(-c2[c-]cc(F)c3c2oc2nc(C(C)C)ccc23)nc2cc3ccccc3cc21.[2H]C([2H])([2H])c1c[c-]c(-c2cc(C([2H])(C)C)[c]([Ge]([CH3])([CH3])[CH3])cn2)c(F)c1.[Ir]. The van der Waals surface area contributed by atoms with Gasteiger partial charge in [-0.2, -0.15) is 0 Å². The molecule has 0 spiro atoms. The van der Waals surface area contributed by atoms with Crippen molar-refractivity contribution in [3.8, 4) is 28.3 Å². The zero-order valence-corrected chi connectivity index (χ0v) is 43.2. The smallest absolute Gasteiger partial charge is 0 e. The fourth-order valence-electron chi connectivity index (χ4n) is 9.11. The van der Waals surface area contributed by atoms with Crippen LogP contribution in [0.15, 0.2) is 118 Å². The van der Waals surface area contributed by atoms with Gasteiger partial charge in [0.15, 0.2) is 0 Å². The number of fused-ring (bicyclic) bond motifs is 8. The Hall–Kier alpha value is -6.00. The van der Waals surface area contributed by atoms with Crippen molar-refractivity contribution in [3.63, 3.8) is 0 Å². The summed E-state index contributed by atoms with van der Waals surface area (Å²) in [6, 6.07) is 38.0. The molecule has 1 radical (unpaired) electrons. The Labute approximate surface area is 410 Å². The van der Waals surface area contributed by atoms with Crippen molar-refractivity contribution in [3.05, 3.63) is 161 Å². The van der Waals surface area contributed by atoms with Gasteiger partial charge in [-0.3, -0.25) is 9.37 Å². The second-order valence-corrected chi connectivity index (χ2v) is 29.2. The van der Waals surface area contributed by atoms with Gasteiger partial charge in [-0.1, -0.05) is 61.9 Å². The van der Waals surface area contributed by atoms with Crippen molar-refractivity contribution in [2.24, 2.45) is 0 Å². The van der Waals surface area contributed by atoms with Gasteiger partial charge in [0.05, 0.1) is 22.4 Å². The third kappa shape index (κ3) is 8.09. The van der Waals surface area contributed by atoms with Gasteiger partial charge in [0, 0.05) is 59.0 Å². The third-order valence-corrected chi connectivity index (χ3v) is 16.6. The molecule has 339 valence electrons. The van der Waals surface area contributed by atoms with Gasteiger partial charge in [0.1, 0.15) is 11.2 Å². The quantitative estimate of drug-likeness (QED) is 0.123.